The van der Waals surface area contributed by atoms with Gasteiger partial charge in [0.1, 0.15) is 12.4 Å². The average molecular weight is 303 g/mol. The molecule has 1 unspecified atom stereocenters. The summed E-state index contributed by atoms with van der Waals surface area (Å²) in [7, 11) is 0. The summed E-state index contributed by atoms with van der Waals surface area (Å²) in [5.41, 5.74) is 0.680. The molecular weight excluding hydrogens is 288 g/mol. The van der Waals surface area contributed by atoms with Gasteiger partial charge in [-0.1, -0.05) is 24.3 Å². The van der Waals surface area contributed by atoms with E-state index in [1.54, 1.807) is 36.5 Å². The third kappa shape index (κ3) is 3.19. The predicted molar refractivity (Wildman–Crippen MR) is 78.2 cm³/mol. The van der Waals surface area contributed by atoms with Gasteiger partial charge >= 0.3 is 0 Å². The Morgan fingerprint density at radius 3 is 2.50 bits per heavy atom. The lowest BCUT2D eigenvalue weighted by Gasteiger charge is -2.25. The topological polar surface area (TPSA) is 30.5 Å². The molecule has 2 aromatic carbocycles. The summed E-state index contributed by atoms with van der Waals surface area (Å²) in [6.07, 6.45) is 1.04. The Bertz CT molecular complexity index is 671. The molecule has 0 bridgehead atoms. The highest BCUT2D eigenvalue weighted by atomic mass is 19.1. The predicted octanol–water partition coefficient (Wildman–Crippen LogP) is 3.55. The number of benzene rings is 2. The van der Waals surface area contributed by atoms with Gasteiger partial charge in [-0.2, -0.15) is 0 Å². The maximum Gasteiger partial charge on any atom is 0.182 e. The molecule has 1 atom stereocenters. The molecular formula is C17H15F2NO2. The highest BCUT2D eigenvalue weighted by Crippen LogP contribution is 2.31. The van der Waals surface area contributed by atoms with Crippen LogP contribution in [0.4, 0.5) is 8.78 Å². The number of halogens is 2. The van der Waals surface area contributed by atoms with Crippen molar-refractivity contribution in [2.45, 2.75) is 6.10 Å². The molecule has 0 fully saturated rings. The van der Waals surface area contributed by atoms with Gasteiger partial charge in [-0.05, 0) is 24.3 Å². The van der Waals surface area contributed by atoms with Gasteiger partial charge in [-0.3, -0.25) is 0 Å². The van der Waals surface area contributed by atoms with Crippen molar-refractivity contribution in [1.29, 1.82) is 0 Å². The van der Waals surface area contributed by atoms with Crippen LogP contribution in [0.5, 0.6) is 5.75 Å². The number of ether oxygens (including phenoxy) is 2. The van der Waals surface area contributed by atoms with Crippen LogP contribution in [0.2, 0.25) is 0 Å². The minimum absolute atomic E-state index is 0.117. The van der Waals surface area contributed by atoms with Crippen LogP contribution in [0.15, 0.2) is 60.5 Å². The van der Waals surface area contributed by atoms with E-state index >= 15 is 0 Å². The zero-order chi connectivity index (χ0) is 15.4. The van der Waals surface area contributed by atoms with Crippen LogP contribution in [0.3, 0.4) is 0 Å². The highest BCUT2D eigenvalue weighted by Gasteiger charge is 2.23. The first kappa shape index (κ1) is 14.4. The van der Waals surface area contributed by atoms with Gasteiger partial charge in [-0.15, -0.1) is 0 Å². The van der Waals surface area contributed by atoms with E-state index in [2.05, 4.69) is 5.32 Å². The van der Waals surface area contributed by atoms with Crippen LogP contribution < -0.4 is 10.1 Å². The molecule has 1 aliphatic rings. The number of para-hydroxylation sites is 1. The molecule has 0 saturated carbocycles. The molecule has 22 heavy (non-hydrogen) atoms. The second kappa shape index (κ2) is 6.47. The minimum atomic E-state index is -0.648. The van der Waals surface area contributed by atoms with Crippen molar-refractivity contribution in [2.75, 3.05) is 13.2 Å². The SMILES string of the molecule is Fc1ccc(C(Oc2ccccc2F)C2=CNCCO2)cc1. The van der Waals surface area contributed by atoms with Gasteiger partial charge in [0.2, 0.25) is 0 Å². The summed E-state index contributed by atoms with van der Waals surface area (Å²) < 4.78 is 38.3. The smallest absolute Gasteiger partial charge is 0.182 e. The second-order valence-corrected chi connectivity index (χ2v) is 4.83. The van der Waals surface area contributed by atoms with Gasteiger partial charge in [0.15, 0.2) is 23.4 Å². The van der Waals surface area contributed by atoms with Crippen LogP contribution in [-0.2, 0) is 4.74 Å². The molecule has 0 aromatic heterocycles. The fraction of sp³-hybridized carbons (Fsp3) is 0.176. The summed E-state index contributed by atoms with van der Waals surface area (Å²) in [6, 6.07) is 12.0. The standard InChI is InChI=1S/C17H15F2NO2/c18-13-7-5-12(6-8-13)17(16-11-20-9-10-21-16)22-15-4-2-1-3-14(15)19/h1-8,11,17,20H,9-10H2. The zero-order valence-corrected chi connectivity index (χ0v) is 11.8. The Balaban J connectivity index is 1.94. The Morgan fingerprint density at radius 1 is 1.05 bits per heavy atom. The Labute approximate surface area is 127 Å². The van der Waals surface area contributed by atoms with E-state index in [0.29, 0.717) is 24.5 Å². The monoisotopic (exact) mass is 303 g/mol. The summed E-state index contributed by atoms with van der Waals surface area (Å²) >= 11 is 0. The van der Waals surface area contributed by atoms with E-state index < -0.39 is 11.9 Å². The lowest BCUT2D eigenvalue weighted by molar-refractivity contribution is 0.105. The molecule has 1 aliphatic heterocycles. The van der Waals surface area contributed by atoms with Crippen LogP contribution >= 0.6 is 0 Å². The molecule has 3 nitrogen and oxygen atoms in total. The Morgan fingerprint density at radius 2 is 1.82 bits per heavy atom. The van der Waals surface area contributed by atoms with E-state index in [4.69, 9.17) is 9.47 Å². The van der Waals surface area contributed by atoms with Crippen molar-refractivity contribution < 1.29 is 18.3 Å². The molecule has 3 rings (SSSR count). The van der Waals surface area contributed by atoms with E-state index in [1.807, 2.05) is 0 Å². The maximum absolute atomic E-state index is 13.8. The fourth-order valence-corrected chi connectivity index (χ4v) is 2.19. The van der Waals surface area contributed by atoms with Gasteiger partial charge in [-0.25, -0.2) is 8.78 Å². The first-order valence-electron chi connectivity index (χ1n) is 6.97. The quantitative estimate of drug-likeness (QED) is 0.937. The largest absolute Gasteiger partial charge is 0.490 e. The molecule has 0 radical (unpaired) electrons. The molecule has 1 N–H and O–H groups in total. The lowest BCUT2D eigenvalue weighted by Crippen LogP contribution is -2.25. The third-order valence-electron chi connectivity index (χ3n) is 3.27. The fourth-order valence-electron chi connectivity index (χ4n) is 2.19. The van der Waals surface area contributed by atoms with E-state index in [1.165, 1.54) is 18.2 Å². The maximum atomic E-state index is 13.8. The van der Waals surface area contributed by atoms with Gasteiger partial charge in [0.25, 0.3) is 0 Å². The van der Waals surface area contributed by atoms with Gasteiger partial charge < -0.3 is 14.8 Å². The van der Waals surface area contributed by atoms with Crippen molar-refractivity contribution >= 4 is 0 Å². The average Bonchev–Trinajstić information content (AvgIpc) is 2.56. The summed E-state index contributed by atoms with van der Waals surface area (Å²) in [6.45, 7) is 1.18. The number of hydrogen-bond acceptors (Lipinski definition) is 3. The van der Waals surface area contributed by atoms with Crippen LogP contribution in [0, 0.1) is 11.6 Å². The summed E-state index contributed by atoms with van der Waals surface area (Å²) in [5, 5.41) is 3.06. The molecule has 0 spiro atoms. The first-order valence-corrected chi connectivity index (χ1v) is 6.97. The Kier molecular flexibility index (Phi) is 4.23. The van der Waals surface area contributed by atoms with Crippen molar-refractivity contribution in [1.82, 2.24) is 5.32 Å². The van der Waals surface area contributed by atoms with Crippen molar-refractivity contribution in [2.24, 2.45) is 0 Å². The highest BCUT2D eigenvalue weighted by molar-refractivity contribution is 5.30. The van der Waals surface area contributed by atoms with E-state index in [9.17, 15) is 8.78 Å². The lowest BCUT2D eigenvalue weighted by atomic mass is 10.1. The molecule has 0 saturated heterocycles. The normalized spacial score (nSPS) is 15.3. The number of nitrogens with one attached hydrogen (secondary N) is 1. The Hall–Kier alpha value is -2.56. The summed E-state index contributed by atoms with van der Waals surface area (Å²) in [5.74, 6) is -0.156. The molecule has 5 heteroatoms. The molecule has 114 valence electrons. The van der Waals surface area contributed by atoms with Gasteiger partial charge in [0, 0.05) is 18.3 Å². The first-order chi connectivity index (χ1) is 10.7. The van der Waals surface area contributed by atoms with Crippen LogP contribution in [-0.4, -0.2) is 13.2 Å². The van der Waals surface area contributed by atoms with Gasteiger partial charge in [0.05, 0.1) is 0 Å². The summed E-state index contributed by atoms with van der Waals surface area (Å²) in [4.78, 5) is 0. The van der Waals surface area contributed by atoms with Crippen LogP contribution in [0.25, 0.3) is 0 Å². The van der Waals surface area contributed by atoms with Crippen molar-refractivity contribution in [3.8, 4) is 5.75 Å². The number of rotatable bonds is 4. The third-order valence-corrected chi connectivity index (χ3v) is 3.27. The molecule has 0 amide bonds. The molecule has 1 heterocycles. The van der Waals surface area contributed by atoms with Crippen LogP contribution in [0.1, 0.15) is 11.7 Å². The molecule has 0 aliphatic carbocycles. The molecule has 2 aromatic rings. The van der Waals surface area contributed by atoms with Crippen molar-refractivity contribution in [3.63, 3.8) is 0 Å². The zero-order valence-electron chi connectivity index (χ0n) is 11.8. The minimum Gasteiger partial charge on any atom is -0.490 e. The number of hydrogen-bond donors (Lipinski definition) is 1. The van der Waals surface area contributed by atoms with E-state index in [-0.39, 0.29) is 11.6 Å². The second-order valence-electron chi connectivity index (χ2n) is 4.83. The van der Waals surface area contributed by atoms with E-state index in [0.717, 1.165) is 0 Å². The van der Waals surface area contributed by atoms with Crippen molar-refractivity contribution in [3.05, 3.63) is 77.7 Å².